The number of aliphatic carboxylic acids is 2. The molecule has 0 radical (unpaired) electrons. The molecule has 3 aromatic rings. The number of thiazole rings is 1. The van der Waals surface area contributed by atoms with Crippen LogP contribution in [0.1, 0.15) is 50.4 Å². The van der Waals surface area contributed by atoms with Gasteiger partial charge in [0, 0.05) is 46.8 Å². The van der Waals surface area contributed by atoms with E-state index in [9.17, 15) is 44.4 Å². The number of carbonyl (C=O) groups excluding carboxylic acids is 2. The summed E-state index contributed by atoms with van der Waals surface area (Å²) in [7, 11) is 0. The molecule has 3 saturated heterocycles. The predicted octanol–water partition coefficient (Wildman–Crippen LogP) is 1.53. The number of quaternary nitrogens is 1. The molecule has 8 rings (SSSR count). The van der Waals surface area contributed by atoms with Gasteiger partial charge >= 0.3 is 11.9 Å². The van der Waals surface area contributed by atoms with Crippen molar-refractivity contribution in [3.05, 3.63) is 56.5 Å². The molecular weight excluding hydrogens is 731 g/mol. The number of benzene rings is 1. The van der Waals surface area contributed by atoms with Crippen LogP contribution in [-0.4, -0.2) is 111 Å². The van der Waals surface area contributed by atoms with E-state index in [2.05, 4.69) is 15.5 Å². The number of pyridine rings is 1. The molecule has 0 spiro atoms. The molecule has 5 aliphatic rings. The van der Waals surface area contributed by atoms with Crippen LogP contribution in [0.4, 0.5) is 5.13 Å². The Labute approximate surface area is 308 Å². The van der Waals surface area contributed by atoms with Crippen LogP contribution in [0, 0.1) is 5.92 Å². The van der Waals surface area contributed by atoms with Gasteiger partial charge in [-0.15, -0.1) is 23.1 Å². The first kappa shape index (κ1) is 34.9. The number of amides is 2. The van der Waals surface area contributed by atoms with Crippen molar-refractivity contribution in [2.75, 3.05) is 25.4 Å². The minimum absolute atomic E-state index is 0.0112. The molecule has 5 atom stereocenters. The van der Waals surface area contributed by atoms with Gasteiger partial charge in [-0.1, -0.05) is 5.16 Å². The number of carboxylic acids is 2. The van der Waals surface area contributed by atoms with Crippen LogP contribution in [0.5, 0.6) is 11.5 Å². The SMILES string of the molecule is CC(C)(ON=C(C(=O)NC1C(=O)N2C(C(=O)O)=C3C[N+]4(Cc5cn(C6CC6)c6cc(O)c(O)cc6c5=O)CCC(C4)C3SC12)c1csc(N)n1)C(=O)O. The van der Waals surface area contributed by atoms with Crippen LogP contribution in [0.2, 0.25) is 0 Å². The smallest absolute Gasteiger partial charge is 0.352 e. The highest BCUT2D eigenvalue weighted by molar-refractivity contribution is 8.01. The largest absolute Gasteiger partial charge is 0.504 e. The Morgan fingerprint density at radius 3 is 2.55 bits per heavy atom. The number of nitrogens with one attached hydrogen (secondary N) is 1. The summed E-state index contributed by atoms with van der Waals surface area (Å²) in [6.45, 7) is 4.49. The maximum atomic E-state index is 13.9. The van der Waals surface area contributed by atoms with Crippen molar-refractivity contribution in [1.82, 2.24) is 19.8 Å². The first-order valence-corrected chi connectivity index (χ1v) is 18.8. The number of nitrogens with zero attached hydrogens (tertiary/aromatic N) is 5. The maximum absolute atomic E-state index is 13.9. The van der Waals surface area contributed by atoms with Gasteiger partial charge in [-0.05, 0) is 32.8 Å². The topological polar surface area (TPSA) is 247 Å². The summed E-state index contributed by atoms with van der Waals surface area (Å²) in [4.78, 5) is 76.2. The molecular formula is C34H36N7O10S2+. The van der Waals surface area contributed by atoms with E-state index in [1.54, 1.807) is 0 Å². The minimum Gasteiger partial charge on any atom is -0.504 e. The Bertz CT molecular complexity index is 2260. The number of aromatic nitrogens is 2. The first-order valence-electron chi connectivity index (χ1n) is 17.0. The number of oxime groups is 1. The highest BCUT2D eigenvalue weighted by atomic mass is 32.2. The van der Waals surface area contributed by atoms with E-state index in [0.717, 1.165) is 30.6 Å². The van der Waals surface area contributed by atoms with Gasteiger partial charge in [0.2, 0.25) is 5.60 Å². The summed E-state index contributed by atoms with van der Waals surface area (Å²) in [5, 5.41) is 47.7. The van der Waals surface area contributed by atoms with E-state index < -0.39 is 46.5 Å². The summed E-state index contributed by atoms with van der Waals surface area (Å²) in [5.41, 5.74) is 4.90. The van der Waals surface area contributed by atoms with Crippen molar-refractivity contribution < 1.29 is 48.9 Å². The van der Waals surface area contributed by atoms with Crippen molar-refractivity contribution in [2.45, 2.75) is 68.0 Å². The van der Waals surface area contributed by atoms with Crippen molar-refractivity contribution in [1.29, 1.82) is 0 Å². The van der Waals surface area contributed by atoms with Gasteiger partial charge in [-0.25, -0.2) is 14.6 Å². The molecule has 2 bridgehead atoms. The summed E-state index contributed by atoms with van der Waals surface area (Å²) in [6, 6.07) is 1.76. The summed E-state index contributed by atoms with van der Waals surface area (Å²) in [5.74, 6) is -4.76. The van der Waals surface area contributed by atoms with Crippen LogP contribution >= 0.6 is 23.1 Å². The van der Waals surface area contributed by atoms with Crippen LogP contribution < -0.4 is 16.5 Å². The Balaban J connectivity index is 1.08. The Hall–Kier alpha value is -5.14. The van der Waals surface area contributed by atoms with Crippen molar-refractivity contribution >= 4 is 68.6 Å². The van der Waals surface area contributed by atoms with Crippen molar-refractivity contribution in [2.24, 2.45) is 11.1 Å². The number of phenols is 2. The normalized spacial score (nSPS) is 26.6. The number of β-lactam (4-membered cyclic amide) rings is 1. The lowest BCUT2D eigenvalue weighted by molar-refractivity contribution is -0.929. The van der Waals surface area contributed by atoms with Crippen molar-refractivity contribution in [3.63, 3.8) is 0 Å². The molecule has 4 fully saturated rings. The molecule has 19 heteroatoms. The standard InChI is InChI=1S/C34H35N7O10S2/c1-34(2,32(49)50)51-38-23(19-13-52-33(35)36-19)28(45)37-24-29(46)40-25(31(47)48)18-12-41(6-5-14(10-41)27(18)53-30(24)40)11-15-9-39(16-3-4-16)20-8-22(43)21(42)7-17(20)26(15)44/h7-9,13-14,16,24,27,30H,3-6,10-12H2,1-2H3,(H6-,35,36,37,38,42,43,44,45,47,48,49,50)/p+1. The molecule has 2 amide bonds. The molecule has 278 valence electrons. The Morgan fingerprint density at radius 2 is 1.89 bits per heavy atom. The van der Waals surface area contributed by atoms with E-state index in [-0.39, 0.29) is 50.7 Å². The third-order valence-corrected chi connectivity index (χ3v) is 13.1. The highest BCUT2D eigenvalue weighted by Crippen LogP contribution is 2.53. The summed E-state index contributed by atoms with van der Waals surface area (Å²) >= 11 is 2.44. The van der Waals surface area contributed by atoms with E-state index in [1.807, 2.05) is 10.8 Å². The molecule has 1 aliphatic carbocycles. The van der Waals surface area contributed by atoms with Crippen LogP contribution in [0.3, 0.4) is 0 Å². The average Bonchev–Trinajstić information content (AvgIpc) is 3.77. The molecule has 6 heterocycles. The number of anilines is 1. The van der Waals surface area contributed by atoms with Gasteiger partial charge in [0.25, 0.3) is 11.8 Å². The molecule has 2 aromatic heterocycles. The first-order chi connectivity index (χ1) is 25.1. The fraction of sp³-hybridized carbons (Fsp3) is 0.441. The maximum Gasteiger partial charge on any atom is 0.352 e. The van der Waals surface area contributed by atoms with Gasteiger partial charge in [-0.2, -0.15) is 0 Å². The number of nitrogen functional groups attached to an aromatic ring is 1. The third-order valence-electron chi connectivity index (χ3n) is 10.7. The molecule has 17 nitrogen and oxygen atoms in total. The number of rotatable bonds is 10. The third kappa shape index (κ3) is 5.77. The lowest BCUT2D eigenvalue weighted by atomic mass is 9.90. The number of aromatic hydroxyl groups is 2. The van der Waals surface area contributed by atoms with E-state index in [4.69, 9.17) is 10.6 Å². The quantitative estimate of drug-likeness (QED) is 0.0564. The second kappa shape index (κ2) is 12.2. The molecule has 5 unspecified atom stereocenters. The van der Waals surface area contributed by atoms with Crippen LogP contribution in [-0.2, 0) is 30.6 Å². The number of piperidine rings is 1. The second-order valence-electron chi connectivity index (χ2n) is 14.8. The highest BCUT2D eigenvalue weighted by Gasteiger charge is 2.61. The van der Waals surface area contributed by atoms with Gasteiger partial charge in [0.05, 0.1) is 29.6 Å². The number of fused-ring (bicyclic) bond motifs is 6. The van der Waals surface area contributed by atoms with Gasteiger partial charge in [-0.3, -0.25) is 19.3 Å². The lowest BCUT2D eigenvalue weighted by Gasteiger charge is -2.54. The zero-order valence-corrected chi connectivity index (χ0v) is 30.1. The fourth-order valence-corrected chi connectivity index (χ4v) is 10.3. The van der Waals surface area contributed by atoms with E-state index in [1.165, 1.54) is 48.0 Å². The zero-order chi connectivity index (χ0) is 37.7. The summed E-state index contributed by atoms with van der Waals surface area (Å²) in [6.07, 6.45) is 4.43. The lowest BCUT2D eigenvalue weighted by Crippen LogP contribution is -2.72. The van der Waals surface area contributed by atoms with Crippen molar-refractivity contribution in [3.8, 4) is 11.5 Å². The number of carbonyl (C=O) groups is 4. The number of hydrogen-bond acceptors (Lipinski definition) is 13. The Kier molecular flexibility index (Phi) is 8.04. The van der Waals surface area contributed by atoms with E-state index in [0.29, 0.717) is 52.7 Å². The van der Waals surface area contributed by atoms with Crippen LogP contribution in [0.25, 0.3) is 10.9 Å². The number of phenolic OH excluding ortho intramolecular Hbond substituents is 2. The average molecular weight is 767 g/mol. The monoisotopic (exact) mass is 766 g/mol. The molecule has 7 N–H and O–H groups in total. The number of hydrogen-bond donors (Lipinski definition) is 6. The second-order valence-corrected chi connectivity index (χ2v) is 16.9. The molecule has 1 saturated carbocycles. The zero-order valence-electron chi connectivity index (χ0n) is 28.5. The number of carboxylic acid groups (broad SMARTS) is 2. The number of nitrogens with two attached hydrogens (primary N) is 1. The van der Waals surface area contributed by atoms with Gasteiger partial charge in [0.1, 0.15) is 35.9 Å². The Morgan fingerprint density at radius 1 is 1.15 bits per heavy atom. The van der Waals surface area contributed by atoms with Gasteiger partial charge < -0.3 is 45.4 Å². The van der Waals surface area contributed by atoms with Gasteiger partial charge in [0.15, 0.2) is 27.8 Å². The summed E-state index contributed by atoms with van der Waals surface area (Å²) < 4.78 is 2.41. The van der Waals surface area contributed by atoms with E-state index >= 15 is 0 Å². The minimum atomic E-state index is -1.79. The molecule has 53 heavy (non-hydrogen) atoms. The van der Waals surface area contributed by atoms with Crippen LogP contribution in [0.15, 0.2) is 44.9 Å². The molecule has 1 aromatic carbocycles. The predicted molar refractivity (Wildman–Crippen MR) is 191 cm³/mol. The fourth-order valence-electron chi connectivity index (χ4n) is 7.94. The molecule has 4 aliphatic heterocycles. The number of thioether (sulfide) groups is 1.